The third-order valence-corrected chi connectivity index (χ3v) is 3.09. The Morgan fingerprint density at radius 1 is 1.27 bits per heavy atom. The third kappa shape index (κ3) is 3.72. The summed E-state index contributed by atoms with van der Waals surface area (Å²) in [5, 5.41) is 31.6. The Kier molecular flexibility index (Phi) is 5.53. The number of aliphatic hydroxyl groups is 3. The molecule has 1 aliphatic heterocycles. The second kappa shape index (κ2) is 6.43. The summed E-state index contributed by atoms with van der Waals surface area (Å²) in [7, 11) is 0. The van der Waals surface area contributed by atoms with E-state index in [2.05, 4.69) is 12.2 Å². The molecule has 0 aromatic rings. The van der Waals surface area contributed by atoms with E-state index >= 15 is 0 Å². The van der Waals surface area contributed by atoms with Crippen molar-refractivity contribution in [3.63, 3.8) is 0 Å². The molecule has 0 bridgehead atoms. The highest BCUT2D eigenvalue weighted by Crippen LogP contribution is 2.16. The molecule has 1 aliphatic rings. The van der Waals surface area contributed by atoms with E-state index < -0.39 is 18.3 Å². The van der Waals surface area contributed by atoms with Gasteiger partial charge in [0, 0.05) is 6.54 Å². The number of aliphatic hydroxyl groups excluding tert-OH is 3. The molecule has 0 amide bonds. The number of unbranched alkanes of at least 4 members (excludes halogenated alkanes) is 3. The Morgan fingerprint density at radius 2 is 2.00 bits per heavy atom. The minimum atomic E-state index is -0.828. The molecular weight excluding hydrogens is 194 g/mol. The molecule has 4 nitrogen and oxygen atoms in total. The maximum atomic E-state index is 9.80. The molecule has 4 heteroatoms. The molecule has 0 unspecified atom stereocenters. The monoisotopic (exact) mass is 217 g/mol. The molecule has 0 aromatic heterocycles. The van der Waals surface area contributed by atoms with Crippen LogP contribution in [0.5, 0.6) is 0 Å². The van der Waals surface area contributed by atoms with Crippen molar-refractivity contribution >= 4 is 0 Å². The van der Waals surface area contributed by atoms with E-state index in [4.69, 9.17) is 0 Å². The Bertz CT molecular complexity index is 177. The lowest BCUT2D eigenvalue weighted by Crippen LogP contribution is -2.43. The largest absolute Gasteiger partial charge is 0.391 e. The van der Waals surface area contributed by atoms with Crippen LogP contribution in [0.4, 0.5) is 0 Å². The van der Waals surface area contributed by atoms with E-state index in [9.17, 15) is 15.3 Å². The van der Waals surface area contributed by atoms with Gasteiger partial charge >= 0.3 is 0 Å². The Hall–Kier alpha value is -0.160. The number of β-amino-alcohol motifs (C(OH)–C–C–N with tert-alkyl or cyclic N) is 1. The summed E-state index contributed by atoms with van der Waals surface area (Å²) >= 11 is 0. The highest BCUT2D eigenvalue weighted by molar-refractivity contribution is 4.94. The van der Waals surface area contributed by atoms with Crippen LogP contribution in [0.1, 0.15) is 39.0 Å². The van der Waals surface area contributed by atoms with Crippen LogP contribution in [0, 0.1) is 0 Å². The van der Waals surface area contributed by atoms with Crippen LogP contribution in [-0.4, -0.2) is 46.2 Å². The maximum Gasteiger partial charge on any atom is 0.0989 e. The molecule has 1 saturated heterocycles. The maximum absolute atomic E-state index is 9.80. The topological polar surface area (TPSA) is 72.7 Å². The first-order valence-corrected chi connectivity index (χ1v) is 5.94. The van der Waals surface area contributed by atoms with E-state index in [0.717, 1.165) is 12.8 Å². The molecule has 15 heavy (non-hydrogen) atoms. The fourth-order valence-electron chi connectivity index (χ4n) is 2.06. The second-order valence-electron chi connectivity index (χ2n) is 4.41. The van der Waals surface area contributed by atoms with Crippen LogP contribution in [0.25, 0.3) is 0 Å². The first-order valence-electron chi connectivity index (χ1n) is 5.94. The van der Waals surface area contributed by atoms with Gasteiger partial charge in [-0.1, -0.05) is 32.6 Å². The number of nitrogens with one attached hydrogen (secondary N) is 1. The SMILES string of the molecule is CCCCCC[C@@H](O)[C@@H]1NC[C@@H](O)[C@H]1O. The van der Waals surface area contributed by atoms with Crippen molar-refractivity contribution in [3.8, 4) is 0 Å². The zero-order valence-electron chi connectivity index (χ0n) is 9.39. The summed E-state index contributed by atoms with van der Waals surface area (Å²) in [5.41, 5.74) is 0. The van der Waals surface area contributed by atoms with E-state index in [1.54, 1.807) is 0 Å². The van der Waals surface area contributed by atoms with Gasteiger partial charge in [-0.2, -0.15) is 0 Å². The second-order valence-corrected chi connectivity index (χ2v) is 4.41. The Labute approximate surface area is 91.3 Å². The Morgan fingerprint density at radius 3 is 2.53 bits per heavy atom. The van der Waals surface area contributed by atoms with Crippen molar-refractivity contribution in [1.29, 1.82) is 0 Å². The molecule has 4 N–H and O–H groups in total. The molecule has 1 rings (SSSR count). The van der Waals surface area contributed by atoms with Gasteiger partial charge in [0.1, 0.15) is 0 Å². The Balaban J connectivity index is 2.19. The highest BCUT2D eigenvalue weighted by atomic mass is 16.3. The fourth-order valence-corrected chi connectivity index (χ4v) is 2.06. The van der Waals surface area contributed by atoms with E-state index in [-0.39, 0.29) is 6.04 Å². The summed E-state index contributed by atoms with van der Waals surface area (Å²) in [4.78, 5) is 0. The van der Waals surface area contributed by atoms with E-state index in [1.807, 2.05) is 0 Å². The molecule has 90 valence electrons. The normalized spacial score (nSPS) is 33.2. The van der Waals surface area contributed by atoms with Gasteiger partial charge in [-0.05, 0) is 6.42 Å². The van der Waals surface area contributed by atoms with Gasteiger partial charge in [-0.15, -0.1) is 0 Å². The van der Waals surface area contributed by atoms with Crippen molar-refractivity contribution in [2.75, 3.05) is 6.54 Å². The van der Waals surface area contributed by atoms with Crippen LogP contribution in [0.2, 0.25) is 0 Å². The molecule has 0 saturated carbocycles. The molecule has 0 radical (unpaired) electrons. The minimum Gasteiger partial charge on any atom is -0.391 e. The van der Waals surface area contributed by atoms with Gasteiger partial charge in [-0.3, -0.25) is 0 Å². The lowest BCUT2D eigenvalue weighted by Gasteiger charge is -2.22. The third-order valence-electron chi connectivity index (χ3n) is 3.09. The number of hydrogen-bond acceptors (Lipinski definition) is 4. The van der Waals surface area contributed by atoms with Crippen LogP contribution < -0.4 is 5.32 Å². The molecule has 4 atom stereocenters. The van der Waals surface area contributed by atoms with Crippen LogP contribution in [0.3, 0.4) is 0 Å². The molecule has 0 aliphatic carbocycles. The van der Waals surface area contributed by atoms with Crippen molar-refractivity contribution in [1.82, 2.24) is 5.32 Å². The van der Waals surface area contributed by atoms with Gasteiger partial charge in [-0.25, -0.2) is 0 Å². The van der Waals surface area contributed by atoms with Crippen molar-refractivity contribution in [2.24, 2.45) is 0 Å². The van der Waals surface area contributed by atoms with Crippen LogP contribution in [-0.2, 0) is 0 Å². The van der Waals surface area contributed by atoms with Gasteiger partial charge in [0.05, 0.1) is 24.4 Å². The zero-order chi connectivity index (χ0) is 11.3. The lowest BCUT2D eigenvalue weighted by atomic mass is 10.00. The summed E-state index contributed by atoms with van der Waals surface area (Å²) in [5.74, 6) is 0. The minimum absolute atomic E-state index is 0.360. The van der Waals surface area contributed by atoms with Gasteiger partial charge in [0.25, 0.3) is 0 Å². The predicted molar refractivity (Wildman–Crippen MR) is 58.6 cm³/mol. The van der Waals surface area contributed by atoms with Gasteiger partial charge in [0.2, 0.25) is 0 Å². The number of rotatable bonds is 6. The molecule has 1 fully saturated rings. The summed E-state index contributed by atoms with van der Waals surface area (Å²) in [6.45, 7) is 2.52. The van der Waals surface area contributed by atoms with E-state index in [0.29, 0.717) is 13.0 Å². The molecule has 1 heterocycles. The smallest absolute Gasteiger partial charge is 0.0989 e. The predicted octanol–water partition coefficient (Wildman–Crippen LogP) is 0.0113. The first-order chi connectivity index (χ1) is 7.16. The quantitative estimate of drug-likeness (QED) is 0.473. The summed E-state index contributed by atoms with van der Waals surface area (Å²) in [6.07, 6.45) is 3.06. The first kappa shape index (κ1) is 12.9. The van der Waals surface area contributed by atoms with Crippen molar-refractivity contribution < 1.29 is 15.3 Å². The lowest BCUT2D eigenvalue weighted by molar-refractivity contribution is 0.00411. The van der Waals surface area contributed by atoms with Crippen LogP contribution >= 0.6 is 0 Å². The number of hydrogen-bond donors (Lipinski definition) is 4. The van der Waals surface area contributed by atoms with Gasteiger partial charge in [0.15, 0.2) is 0 Å². The molecule has 0 aromatic carbocycles. The van der Waals surface area contributed by atoms with E-state index in [1.165, 1.54) is 12.8 Å². The average molecular weight is 217 g/mol. The highest BCUT2D eigenvalue weighted by Gasteiger charge is 2.36. The van der Waals surface area contributed by atoms with Crippen LogP contribution in [0.15, 0.2) is 0 Å². The van der Waals surface area contributed by atoms with Crippen molar-refractivity contribution in [2.45, 2.75) is 63.4 Å². The fraction of sp³-hybridized carbons (Fsp3) is 1.00. The average Bonchev–Trinajstić information content (AvgIpc) is 2.55. The van der Waals surface area contributed by atoms with Gasteiger partial charge < -0.3 is 20.6 Å². The summed E-state index contributed by atoms with van der Waals surface area (Å²) < 4.78 is 0. The standard InChI is InChI=1S/C11H23NO3/c1-2-3-4-5-6-8(13)10-11(15)9(14)7-12-10/h8-15H,2-7H2,1H3/t8-,9-,10+,11-/m1/s1. The zero-order valence-corrected chi connectivity index (χ0v) is 9.39. The van der Waals surface area contributed by atoms with Crippen molar-refractivity contribution in [3.05, 3.63) is 0 Å². The molecular formula is C11H23NO3. The molecule has 0 spiro atoms. The summed E-state index contributed by atoms with van der Waals surface area (Å²) in [6, 6.07) is -0.360.